The van der Waals surface area contributed by atoms with E-state index in [4.69, 9.17) is 28.4 Å². The molecule has 0 aromatic heterocycles. The zero-order valence-electron chi connectivity index (χ0n) is 32.7. The first-order chi connectivity index (χ1) is 23.6. The van der Waals surface area contributed by atoms with Crippen LogP contribution in [0.25, 0.3) is 0 Å². The highest BCUT2D eigenvalue weighted by atomic mass is 16.7. The van der Waals surface area contributed by atoms with E-state index in [2.05, 4.69) is 4.99 Å². The fourth-order valence-corrected chi connectivity index (χ4v) is 8.28. The van der Waals surface area contributed by atoms with Gasteiger partial charge in [0.25, 0.3) is 0 Å². The number of aliphatic hydroxyl groups excluding tert-OH is 1. The fourth-order valence-electron chi connectivity index (χ4n) is 8.28. The minimum absolute atomic E-state index is 0.197. The Morgan fingerprint density at radius 2 is 1.67 bits per heavy atom. The van der Waals surface area contributed by atoms with Crippen LogP contribution >= 0.6 is 0 Å². The van der Waals surface area contributed by atoms with Gasteiger partial charge in [0.15, 0.2) is 12.4 Å². The lowest BCUT2D eigenvalue weighted by molar-refractivity contribution is -0.305. The number of aliphatic imine (C=N–C) groups is 1. The number of esters is 2. The second kappa shape index (κ2) is 17.4. The molecule has 3 rings (SSSR count). The number of likely N-dealkylation sites (N-methyl/N-ethyl adjacent to an activating group) is 1. The molecular formula is C37H64N2O12. The van der Waals surface area contributed by atoms with E-state index in [0.717, 1.165) is 0 Å². The Labute approximate surface area is 303 Å². The van der Waals surface area contributed by atoms with Crippen molar-refractivity contribution in [3.63, 3.8) is 0 Å². The summed E-state index contributed by atoms with van der Waals surface area (Å²) in [6.07, 6.45) is -3.87. The molecule has 0 spiro atoms. The van der Waals surface area contributed by atoms with Gasteiger partial charge in [0, 0.05) is 25.5 Å². The summed E-state index contributed by atoms with van der Waals surface area (Å²) in [6, 6.07) is -0.243. The smallest absolute Gasteiger partial charge is 0.309 e. The lowest BCUT2D eigenvalue weighted by Gasteiger charge is -2.48. The van der Waals surface area contributed by atoms with Crippen LogP contribution in [0.15, 0.2) is 4.99 Å². The first-order valence-corrected chi connectivity index (χ1v) is 18.3. The molecule has 0 saturated carbocycles. The van der Waals surface area contributed by atoms with Crippen LogP contribution < -0.4 is 0 Å². The van der Waals surface area contributed by atoms with Crippen molar-refractivity contribution in [1.29, 1.82) is 0 Å². The van der Waals surface area contributed by atoms with E-state index >= 15 is 0 Å². The lowest BCUT2D eigenvalue weighted by Crippen LogP contribution is -2.60. The van der Waals surface area contributed by atoms with Crippen molar-refractivity contribution in [3.8, 4) is 0 Å². The number of carbonyl (C=O) groups is 3. The van der Waals surface area contributed by atoms with Crippen molar-refractivity contribution in [1.82, 2.24) is 4.90 Å². The van der Waals surface area contributed by atoms with Gasteiger partial charge in [-0.25, -0.2) is 4.99 Å². The first kappa shape index (κ1) is 43.4. The number of hydrogen-bond donors (Lipinski definition) is 3. The molecule has 14 atom stereocenters. The van der Waals surface area contributed by atoms with E-state index in [1.54, 1.807) is 20.8 Å². The van der Waals surface area contributed by atoms with E-state index in [1.807, 2.05) is 46.7 Å². The van der Waals surface area contributed by atoms with Gasteiger partial charge in [-0.15, -0.1) is 0 Å². The lowest BCUT2D eigenvalue weighted by atomic mass is 9.74. The van der Waals surface area contributed by atoms with Crippen LogP contribution in [0.5, 0.6) is 0 Å². The van der Waals surface area contributed by atoms with Crippen molar-refractivity contribution >= 4 is 23.6 Å². The van der Waals surface area contributed by atoms with E-state index in [0.29, 0.717) is 12.1 Å². The van der Waals surface area contributed by atoms with Crippen molar-refractivity contribution in [2.24, 2.45) is 28.7 Å². The largest absolute Gasteiger partial charge is 0.459 e. The second-order valence-corrected chi connectivity index (χ2v) is 16.1. The van der Waals surface area contributed by atoms with Crippen molar-refractivity contribution in [3.05, 3.63) is 0 Å². The number of aliphatic hydroxyl groups is 3. The van der Waals surface area contributed by atoms with Gasteiger partial charge in [-0.3, -0.25) is 14.4 Å². The highest BCUT2D eigenvalue weighted by molar-refractivity contribution is 5.97. The van der Waals surface area contributed by atoms with Gasteiger partial charge < -0.3 is 48.6 Å². The molecule has 14 heteroatoms. The van der Waals surface area contributed by atoms with Gasteiger partial charge >= 0.3 is 11.9 Å². The maximum atomic E-state index is 13.7. The Morgan fingerprint density at radius 1 is 1.02 bits per heavy atom. The molecule has 2 unspecified atom stereocenters. The first-order valence-electron chi connectivity index (χ1n) is 18.3. The minimum Gasteiger partial charge on any atom is -0.459 e. The van der Waals surface area contributed by atoms with Crippen LogP contribution in [0.2, 0.25) is 0 Å². The normalized spacial score (nSPS) is 44.2. The van der Waals surface area contributed by atoms with Gasteiger partial charge in [0.1, 0.15) is 17.3 Å². The third-order valence-electron chi connectivity index (χ3n) is 10.9. The molecule has 3 fully saturated rings. The number of hydrogen-bond acceptors (Lipinski definition) is 13. The molecule has 294 valence electrons. The van der Waals surface area contributed by atoms with Crippen molar-refractivity contribution in [2.75, 3.05) is 33.9 Å². The van der Waals surface area contributed by atoms with Crippen LogP contribution in [0.3, 0.4) is 0 Å². The Kier molecular flexibility index (Phi) is 14.8. The Balaban J connectivity index is 2.33. The third-order valence-corrected chi connectivity index (χ3v) is 10.9. The molecule has 14 nitrogen and oxygen atoms in total. The van der Waals surface area contributed by atoms with E-state index in [-0.39, 0.29) is 38.0 Å². The molecule has 3 saturated heterocycles. The predicted molar refractivity (Wildman–Crippen MR) is 188 cm³/mol. The number of rotatable bonds is 6. The summed E-state index contributed by atoms with van der Waals surface area (Å²) in [5.41, 5.74) is -4.60. The summed E-state index contributed by atoms with van der Waals surface area (Å²) in [4.78, 5) is 45.2. The standard InChI is InChI=1S/C37H64N2O12/c1-13-28-36(10,44)32-24(6)29(38-25(7)41)22(4)16-35(9,47-19-37(45,17-40)18-46-32)31(20(2)14-21(3)33(43)50-28)51-34-30(49-26(8)42)27(39(11)12)15-23(5)48-34/h20-24,27-28,30-32,34,40,44-45H,13-19H2,1-12H3/t20-,21?,22+,23+,24-,27-,28+,30+,31+,32-,34-,35+,36+,37?/m0/s1. The van der Waals surface area contributed by atoms with Crippen molar-refractivity contribution < 1.29 is 58.1 Å². The molecule has 3 aliphatic rings. The average Bonchev–Trinajstić information content (AvgIpc) is 3.04. The number of cyclic esters (lactones) is 1. The molecule has 0 aromatic carbocycles. The summed E-state index contributed by atoms with van der Waals surface area (Å²) in [6.45, 7) is 15.5. The molecule has 1 amide bonds. The predicted octanol–water partition coefficient (Wildman–Crippen LogP) is 2.66. The van der Waals surface area contributed by atoms with E-state index < -0.39 is 102 Å². The molecular weight excluding hydrogens is 664 g/mol. The fraction of sp³-hybridized carbons (Fsp3) is 0.892. The maximum Gasteiger partial charge on any atom is 0.309 e. The summed E-state index contributed by atoms with van der Waals surface area (Å²) < 4.78 is 38.2. The van der Waals surface area contributed by atoms with Gasteiger partial charge in [0.05, 0.1) is 55.7 Å². The second-order valence-electron chi connectivity index (χ2n) is 16.1. The summed E-state index contributed by atoms with van der Waals surface area (Å²) in [7, 11) is 3.79. The molecule has 0 radical (unpaired) electrons. The SMILES string of the molecule is CC[C@H]1OC(=O)C(C)C[C@H](C)[C@@H](O[C@@H]2O[C@H](C)C[C@H](N(C)C)[C@H]2OC(C)=O)[C@@]2(C)C[C@@H](C)C(=NC(C)=O)[C@H](C)[C@H](OCC(O)(CO)CO2)[C@]1(C)O. The van der Waals surface area contributed by atoms with E-state index in [1.165, 1.54) is 20.8 Å². The Hall–Kier alpha value is -2.04. The van der Waals surface area contributed by atoms with Crippen LogP contribution in [-0.4, -0.2) is 137 Å². The number of fused-ring (bicyclic) bond motifs is 5. The molecule has 3 aliphatic heterocycles. The zero-order valence-corrected chi connectivity index (χ0v) is 32.7. The van der Waals surface area contributed by atoms with Crippen LogP contribution in [0, 0.1) is 23.7 Å². The number of amides is 1. The highest BCUT2D eigenvalue weighted by Gasteiger charge is 2.53. The quantitative estimate of drug-likeness (QED) is 0.340. The van der Waals surface area contributed by atoms with Crippen molar-refractivity contribution in [2.45, 2.75) is 155 Å². The van der Waals surface area contributed by atoms with Crippen LogP contribution in [-0.2, 0) is 42.8 Å². The molecule has 3 heterocycles. The molecule has 51 heavy (non-hydrogen) atoms. The molecule has 0 aliphatic carbocycles. The van der Waals surface area contributed by atoms with Gasteiger partial charge in [-0.1, -0.05) is 34.6 Å². The van der Waals surface area contributed by atoms with Crippen LogP contribution in [0.4, 0.5) is 0 Å². The number of carbonyl (C=O) groups excluding carboxylic acids is 3. The number of ether oxygens (including phenoxy) is 6. The monoisotopic (exact) mass is 728 g/mol. The third kappa shape index (κ3) is 10.3. The van der Waals surface area contributed by atoms with E-state index in [9.17, 15) is 29.7 Å². The molecule has 0 aromatic rings. The number of nitrogens with zero attached hydrogens (tertiary/aromatic N) is 2. The average molecular weight is 729 g/mol. The topological polar surface area (TPSA) is 183 Å². The summed E-state index contributed by atoms with van der Waals surface area (Å²) in [5.74, 6) is -3.76. The summed E-state index contributed by atoms with van der Waals surface area (Å²) >= 11 is 0. The van der Waals surface area contributed by atoms with Gasteiger partial charge in [-0.2, -0.15) is 0 Å². The van der Waals surface area contributed by atoms with Crippen LogP contribution in [0.1, 0.15) is 94.9 Å². The maximum absolute atomic E-state index is 13.7. The highest BCUT2D eigenvalue weighted by Crippen LogP contribution is 2.41. The minimum atomic E-state index is -1.92. The molecule has 2 bridgehead atoms. The van der Waals surface area contributed by atoms with Gasteiger partial charge in [0.2, 0.25) is 5.91 Å². The zero-order chi connectivity index (χ0) is 38.6. The summed E-state index contributed by atoms with van der Waals surface area (Å²) in [5, 5.41) is 34.4. The Morgan fingerprint density at radius 3 is 2.22 bits per heavy atom. The molecule has 3 N–H and O–H groups in total. The Bertz CT molecular complexity index is 1240. The van der Waals surface area contributed by atoms with Gasteiger partial charge in [-0.05, 0) is 72.4 Å².